The van der Waals surface area contributed by atoms with Crippen LogP contribution in [-0.2, 0) is 20.8 Å². The number of aromatic hydroxyl groups is 1. The smallest absolute Gasteiger partial charge is 0.372 e. The number of rotatable bonds is 9. The van der Waals surface area contributed by atoms with Gasteiger partial charge in [0, 0.05) is 18.2 Å². The van der Waals surface area contributed by atoms with Gasteiger partial charge in [0.2, 0.25) is 11.7 Å². The molecule has 6 heteroatoms. The lowest BCUT2D eigenvalue weighted by molar-refractivity contribution is -0.148. The number of Topliss-reactive ketones (excluding diaryl/α,β-unsaturated/α-hetero) is 1. The number of hydrogen-bond acceptors (Lipinski definition) is 4. The van der Waals surface area contributed by atoms with Crippen LogP contribution in [0.4, 0.5) is 5.69 Å². The van der Waals surface area contributed by atoms with Crippen LogP contribution in [0.1, 0.15) is 59.4 Å². The van der Waals surface area contributed by atoms with Crippen molar-refractivity contribution < 1.29 is 24.6 Å². The lowest BCUT2D eigenvalue weighted by atomic mass is 9.72. The molecule has 0 atom stereocenters. The summed E-state index contributed by atoms with van der Waals surface area (Å²) in [4.78, 5) is 34.9. The van der Waals surface area contributed by atoms with Crippen molar-refractivity contribution in [1.82, 2.24) is 0 Å². The second kappa shape index (κ2) is 12.2. The molecule has 0 spiro atoms. The molecule has 3 N–H and O–H groups in total. The number of hydrogen-bond donors (Lipinski definition) is 3. The van der Waals surface area contributed by atoms with E-state index in [-0.39, 0.29) is 22.4 Å². The molecule has 1 aromatic rings. The number of carboxylic acid groups (broad SMARTS) is 1. The number of benzene rings is 1. The number of anilines is 1. The summed E-state index contributed by atoms with van der Waals surface area (Å²) in [5, 5.41) is 21.1. The third kappa shape index (κ3) is 8.56. The van der Waals surface area contributed by atoms with Gasteiger partial charge >= 0.3 is 5.97 Å². The zero-order chi connectivity index (χ0) is 26.2. The summed E-state index contributed by atoms with van der Waals surface area (Å²) in [5.41, 5.74) is 5.36. The second-order valence-electron chi connectivity index (χ2n) is 9.66. The number of nitrogens with one attached hydrogen (secondary N) is 1. The maximum Gasteiger partial charge on any atom is 0.372 e. The van der Waals surface area contributed by atoms with Crippen molar-refractivity contribution in [3.63, 3.8) is 0 Å². The van der Waals surface area contributed by atoms with Gasteiger partial charge < -0.3 is 15.5 Å². The first-order valence-electron chi connectivity index (χ1n) is 11.7. The van der Waals surface area contributed by atoms with Gasteiger partial charge in [-0.2, -0.15) is 0 Å². The Balaban J connectivity index is 2.05. The topological polar surface area (TPSA) is 104 Å². The number of carboxylic acids is 1. The number of amides is 1. The molecule has 1 aliphatic carbocycles. The Labute approximate surface area is 207 Å². The van der Waals surface area contributed by atoms with Crippen LogP contribution in [0.15, 0.2) is 76.9 Å². The molecule has 1 amide bonds. The Kier molecular flexibility index (Phi) is 9.58. The van der Waals surface area contributed by atoms with Crippen LogP contribution in [0.5, 0.6) is 5.75 Å². The van der Waals surface area contributed by atoms with Gasteiger partial charge in [-0.05, 0) is 80.4 Å². The molecule has 0 bridgehead atoms. The first kappa shape index (κ1) is 27.6. The third-order valence-electron chi connectivity index (χ3n) is 6.07. The normalized spacial score (nSPS) is 16.7. The summed E-state index contributed by atoms with van der Waals surface area (Å²) in [7, 11) is 0. The van der Waals surface area contributed by atoms with Gasteiger partial charge in [0.15, 0.2) is 0 Å². The molecule has 6 nitrogen and oxygen atoms in total. The molecule has 0 unspecified atom stereocenters. The van der Waals surface area contributed by atoms with E-state index in [2.05, 4.69) is 38.2 Å². The van der Waals surface area contributed by atoms with Gasteiger partial charge in [0.25, 0.3) is 0 Å². The van der Waals surface area contributed by atoms with Gasteiger partial charge in [0.1, 0.15) is 5.75 Å². The largest absolute Gasteiger partial charge is 0.508 e. The Morgan fingerprint density at radius 1 is 1.11 bits per heavy atom. The second-order valence-corrected chi connectivity index (χ2v) is 9.66. The van der Waals surface area contributed by atoms with Gasteiger partial charge in [-0.1, -0.05) is 55.4 Å². The van der Waals surface area contributed by atoms with Crippen LogP contribution in [0, 0.1) is 5.41 Å². The first-order valence-corrected chi connectivity index (χ1v) is 11.7. The number of aliphatic carboxylic acids is 1. The summed E-state index contributed by atoms with van der Waals surface area (Å²) in [6.45, 7) is 10.6. The Bertz CT molecular complexity index is 1150. The minimum atomic E-state index is -1.57. The van der Waals surface area contributed by atoms with E-state index in [4.69, 9.17) is 5.11 Å². The van der Waals surface area contributed by atoms with Crippen molar-refractivity contribution in [3.05, 3.63) is 82.5 Å². The molecule has 2 rings (SSSR count). The number of phenolic OH excluding ortho intramolecular Hbond substituents is 1. The van der Waals surface area contributed by atoms with Crippen LogP contribution in [0.25, 0.3) is 0 Å². The minimum Gasteiger partial charge on any atom is -0.508 e. The molecular formula is C29H35NO5. The van der Waals surface area contributed by atoms with Crippen LogP contribution < -0.4 is 5.32 Å². The van der Waals surface area contributed by atoms with Crippen LogP contribution in [-0.4, -0.2) is 27.9 Å². The van der Waals surface area contributed by atoms with Crippen molar-refractivity contribution >= 4 is 23.3 Å². The van der Waals surface area contributed by atoms with Crippen molar-refractivity contribution in [2.45, 2.75) is 60.3 Å². The summed E-state index contributed by atoms with van der Waals surface area (Å²) >= 11 is 0. The molecule has 1 aromatic carbocycles. The highest BCUT2D eigenvalue weighted by atomic mass is 16.4. The Morgan fingerprint density at radius 3 is 2.49 bits per heavy atom. The SMILES string of the molecule is CC1=C(/C=C/C(C)=C/C=C/C(C)=C/C(=O)Nc2ccc(O)cc2CC(=O)C(=O)O)C(C)(C)CCC1. The lowest BCUT2D eigenvalue weighted by Gasteiger charge is -2.32. The van der Waals surface area contributed by atoms with E-state index in [0.717, 1.165) is 12.0 Å². The molecule has 0 radical (unpaired) electrons. The predicted octanol–water partition coefficient (Wildman–Crippen LogP) is 6.06. The molecule has 0 fully saturated rings. The van der Waals surface area contributed by atoms with Crippen molar-refractivity contribution in [1.29, 1.82) is 0 Å². The van der Waals surface area contributed by atoms with Crippen LogP contribution in [0.3, 0.4) is 0 Å². The summed E-state index contributed by atoms with van der Waals surface area (Å²) < 4.78 is 0. The van der Waals surface area contributed by atoms with E-state index in [1.807, 2.05) is 25.2 Å². The zero-order valence-electron chi connectivity index (χ0n) is 21.1. The maximum atomic E-state index is 12.4. The third-order valence-corrected chi connectivity index (χ3v) is 6.07. The molecule has 186 valence electrons. The molecule has 0 aromatic heterocycles. The van der Waals surface area contributed by atoms with E-state index in [1.54, 1.807) is 6.92 Å². The van der Waals surface area contributed by atoms with Crippen molar-refractivity contribution in [2.75, 3.05) is 5.32 Å². The van der Waals surface area contributed by atoms with E-state index in [1.165, 1.54) is 48.3 Å². The minimum absolute atomic E-state index is 0.124. The molecule has 0 saturated carbocycles. The first-order chi connectivity index (χ1) is 16.4. The van der Waals surface area contributed by atoms with Crippen molar-refractivity contribution in [3.8, 4) is 5.75 Å². The van der Waals surface area contributed by atoms with E-state index in [0.29, 0.717) is 5.57 Å². The van der Waals surface area contributed by atoms with E-state index in [9.17, 15) is 19.5 Å². The number of carbonyl (C=O) groups excluding carboxylic acids is 2. The molecule has 35 heavy (non-hydrogen) atoms. The van der Waals surface area contributed by atoms with E-state index < -0.39 is 24.1 Å². The zero-order valence-corrected chi connectivity index (χ0v) is 21.1. The summed E-state index contributed by atoms with van der Waals surface area (Å²) in [6, 6.07) is 4.05. The monoisotopic (exact) mass is 477 g/mol. The van der Waals surface area contributed by atoms with Gasteiger partial charge in [0.05, 0.1) is 0 Å². The highest BCUT2D eigenvalue weighted by Crippen LogP contribution is 2.40. The molecule has 0 heterocycles. The van der Waals surface area contributed by atoms with Gasteiger partial charge in [-0.3, -0.25) is 9.59 Å². The Morgan fingerprint density at radius 2 is 1.83 bits per heavy atom. The highest BCUT2D eigenvalue weighted by Gasteiger charge is 2.26. The number of ketones is 1. The average Bonchev–Trinajstić information content (AvgIpc) is 2.74. The van der Waals surface area contributed by atoms with Crippen LogP contribution in [0.2, 0.25) is 0 Å². The maximum absolute atomic E-state index is 12.4. The number of carbonyl (C=O) groups is 3. The fourth-order valence-electron chi connectivity index (χ4n) is 4.15. The molecular weight excluding hydrogens is 442 g/mol. The van der Waals surface area contributed by atoms with Gasteiger partial charge in [-0.25, -0.2) is 4.79 Å². The quantitative estimate of drug-likeness (QED) is 0.174. The van der Waals surface area contributed by atoms with Crippen molar-refractivity contribution in [2.24, 2.45) is 5.41 Å². The molecule has 0 saturated heterocycles. The fourth-order valence-corrected chi connectivity index (χ4v) is 4.15. The molecule has 1 aliphatic rings. The van der Waals surface area contributed by atoms with E-state index >= 15 is 0 Å². The highest BCUT2D eigenvalue weighted by molar-refractivity contribution is 6.33. The molecule has 0 aliphatic heterocycles. The van der Waals surface area contributed by atoms with Gasteiger partial charge in [-0.15, -0.1) is 0 Å². The summed E-state index contributed by atoms with van der Waals surface area (Å²) in [6.07, 6.45) is 14.6. The van der Waals surface area contributed by atoms with Crippen LogP contribution >= 0.6 is 0 Å². The lowest BCUT2D eigenvalue weighted by Crippen LogP contribution is -2.19. The average molecular weight is 478 g/mol. The predicted molar refractivity (Wildman–Crippen MR) is 139 cm³/mol. The summed E-state index contributed by atoms with van der Waals surface area (Å²) in [5.74, 6) is -3.15. The number of phenols is 1. The fraction of sp³-hybridized carbons (Fsp3) is 0.345. The number of allylic oxidation sites excluding steroid dienone is 9. The Hall–Kier alpha value is -3.67. The standard InChI is InChI=1S/C29H35NO5/c1-19(11-13-24-21(3)10-7-15-29(24,4)5)8-6-9-20(2)16-27(33)30-25-14-12-23(31)17-22(25)18-26(32)28(34)35/h6,8-9,11-14,16-17,31H,7,10,15,18H2,1-5H3,(H,30,33)(H,34,35)/b9-6+,13-11+,19-8+,20-16+.